The molecule has 1 aromatic heterocycles. The quantitative estimate of drug-likeness (QED) is 0.253. The number of para-hydroxylation sites is 1. The minimum absolute atomic E-state index is 0.0651. The van der Waals surface area contributed by atoms with Gasteiger partial charge in [0, 0.05) is 31.2 Å². The van der Waals surface area contributed by atoms with Gasteiger partial charge in [-0.1, -0.05) is 47.7 Å². The average Bonchev–Trinajstić information content (AvgIpc) is 3.54. The van der Waals surface area contributed by atoms with Crippen LogP contribution in [0.3, 0.4) is 0 Å². The van der Waals surface area contributed by atoms with E-state index >= 15 is 0 Å². The van der Waals surface area contributed by atoms with Gasteiger partial charge in [-0.05, 0) is 60.9 Å². The highest BCUT2D eigenvalue weighted by Gasteiger charge is 2.52. The fraction of sp³-hybridized carbons (Fsp3) is 0.312. The molecule has 2 atom stereocenters. The summed E-state index contributed by atoms with van der Waals surface area (Å²) in [4.78, 5) is 49.4. The van der Waals surface area contributed by atoms with Crippen LogP contribution in [0.1, 0.15) is 30.5 Å². The fourth-order valence-electron chi connectivity index (χ4n) is 6.11. The van der Waals surface area contributed by atoms with Gasteiger partial charge in [0.25, 0.3) is 0 Å². The molecule has 4 amide bonds. The summed E-state index contributed by atoms with van der Waals surface area (Å²) in [6.07, 6.45) is -0.300. The van der Waals surface area contributed by atoms with Crippen molar-refractivity contribution in [3.8, 4) is 0 Å². The number of anilines is 2. The van der Waals surface area contributed by atoms with Crippen LogP contribution in [0.2, 0.25) is 0 Å². The number of urea groups is 1. The maximum absolute atomic E-state index is 14.2. The molecular formula is C32H35FN8O3S. The van der Waals surface area contributed by atoms with Gasteiger partial charge in [0.15, 0.2) is 5.13 Å². The molecule has 13 heteroatoms. The Balaban J connectivity index is 1.31. The summed E-state index contributed by atoms with van der Waals surface area (Å²) in [5, 5.41) is 6.65. The molecule has 3 heterocycles. The predicted octanol–water partition coefficient (Wildman–Crippen LogP) is 3.56. The number of aromatic nitrogens is 1. The Labute approximate surface area is 264 Å². The zero-order chi connectivity index (χ0) is 31.8. The van der Waals surface area contributed by atoms with Gasteiger partial charge in [0.1, 0.15) is 18.0 Å². The number of thiazole rings is 1. The van der Waals surface area contributed by atoms with Crippen molar-refractivity contribution in [3.05, 3.63) is 89.2 Å². The Morgan fingerprint density at radius 2 is 1.78 bits per heavy atom. The summed E-state index contributed by atoms with van der Waals surface area (Å²) in [5.74, 6) is -0.779. The summed E-state index contributed by atoms with van der Waals surface area (Å²) < 4.78 is 14.3. The molecule has 4 aromatic rings. The Bertz CT molecular complexity index is 1730. The molecule has 6 rings (SSSR count). The number of carbonyl (C=O) groups excluding carboxylic acids is 3. The van der Waals surface area contributed by atoms with Crippen molar-refractivity contribution in [3.63, 3.8) is 0 Å². The lowest BCUT2D eigenvalue weighted by Crippen LogP contribution is -2.66. The number of piperazine rings is 1. The van der Waals surface area contributed by atoms with Gasteiger partial charge < -0.3 is 26.6 Å². The maximum Gasteiger partial charge on any atom is 0.332 e. The van der Waals surface area contributed by atoms with Crippen LogP contribution in [-0.4, -0.2) is 74.0 Å². The van der Waals surface area contributed by atoms with E-state index in [9.17, 15) is 18.8 Å². The summed E-state index contributed by atoms with van der Waals surface area (Å²) in [7, 11) is 0. The molecule has 2 saturated heterocycles. The van der Waals surface area contributed by atoms with Gasteiger partial charge >= 0.3 is 6.03 Å². The van der Waals surface area contributed by atoms with E-state index in [0.717, 1.165) is 26.9 Å². The number of hydrazine groups is 1. The molecule has 0 bridgehead atoms. The lowest BCUT2D eigenvalue weighted by Gasteiger charge is -2.47. The van der Waals surface area contributed by atoms with E-state index in [1.807, 2.05) is 44.2 Å². The monoisotopic (exact) mass is 630 g/mol. The van der Waals surface area contributed by atoms with Gasteiger partial charge in [0.2, 0.25) is 11.8 Å². The van der Waals surface area contributed by atoms with E-state index in [-0.39, 0.29) is 56.3 Å². The molecule has 0 spiro atoms. The van der Waals surface area contributed by atoms with Crippen molar-refractivity contribution in [2.75, 3.05) is 24.6 Å². The number of hydrogen-bond acceptors (Lipinski definition) is 8. The number of nitrogens with two attached hydrogens (primary N) is 2. The first kappa shape index (κ1) is 30.3. The number of rotatable bonds is 8. The SMILES string of the molecule is CC(C)N(C(=O)NCc1ccc(F)cc1)N1CC(=O)N2[C@@H](Cc3ccc(N)cc3)C(=O)N(Cc3cccc4sc(N)nc34)C[C@@H]21. The van der Waals surface area contributed by atoms with Crippen molar-refractivity contribution in [2.24, 2.45) is 0 Å². The Morgan fingerprint density at radius 1 is 1.07 bits per heavy atom. The number of nitrogen functional groups attached to an aromatic ring is 2. The highest BCUT2D eigenvalue weighted by Crippen LogP contribution is 2.33. The summed E-state index contributed by atoms with van der Waals surface area (Å²) >= 11 is 1.38. The standard InChI is InChI=1S/C32H35FN8O3S/c1-19(2)41(32(44)36-15-21-6-10-23(33)11-7-21)39-18-28(42)40-25(14-20-8-12-24(34)13-9-20)30(43)38(17-27(39)40)16-22-4-3-5-26-29(22)37-31(35)45-26/h3-13,19,25,27H,14-18,34H2,1-2H3,(H2,35,37)(H,36,44)/t25-,27+/m0/s1. The largest absolute Gasteiger partial charge is 0.399 e. The zero-order valence-electron chi connectivity index (χ0n) is 25.0. The van der Waals surface area contributed by atoms with Gasteiger partial charge in [-0.15, -0.1) is 0 Å². The summed E-state index contributed by atoms with van der Waals surface area (Å²) in [6.45, 7) is 4.31. The summed E-state index contributed by atoms with van der Waals surface area (Å²) in [5.41, 5.74) is 15.7. The minimum Gasteiger partial charge on any atom is -0.399 e. The molecule has 3 aromatic carbocycles. The average molecular weight is 631 g/mol. The number of carbonyl (C=O) groups is 3. The van der Waals surface area contributed by atoms with Gasteiger partial charge in [-0.3, -0.25) is 14.6 Å². The molecule has 11 nitrogen and oxygen atoms in total. The lowest BCUT2D eigenvalue weighted by molar-refractivity contribution is -0.158. The maximum atomic E-state index is 14.2. The van der Waals surface area contributed by atoms with Crippen LogP contribution in [-0.2, 0) is 29.1 Å². The van der Waals surface area contributed by atoms with Crippen molar-refractivity contribution < 1.29 is 18.8 Å². The van der Waals surface area contributed by atoms with Crippen LogP contribution >= 0.6 is 11.3 Å². The number of amides is 4. The number of fused-ring (bicyclic) bond motifs is 2. The van der Waals surface area contributed by atoms with Crippen LogP contribution in [0, 0.1) is 5.82 Å². The highest BCUT2D eigenvalue weighted by molar-refractivity contribution is 7.22. The van der Waals surface area contributed by atoms with E-state index in [0.29, 0.717) is 10.8 Å². The van der Waals surface area contributed by atoms with Crippen molar-refractivity contribution in [1.82, 2.24) is 30.1 Å². The third kappa shape index (κ3) is 6.13. The molecule has 2 fully saturated rings. The molecule has 0 unspecified atom stereocenters. The van der Waals surface area contributed by atoms with Crippen molar-refractivity contribution in [2.45, 2.75) is 51.6 Å². The second-order valence-electron chi connectivity index (χ2n) is 11.6. The smallest absolute Gasteiger partial charge is 0.332 e. The molecular weight excluding hydrogens is 595 g/mol. The topological polar surface area (TPSA) is 141 Å². The summed E-state index contributed by atoms with van der Waals surface area (Å²) in [6, 6.07) is 17.5. The Kier molecular flexibility index (Phi) is 8.30. The van der Waals surface area contributed by atoms with E-state index in [4.69, 9.17) is 11.5 Å². The third-order valence-electron chi connectivity index (χ3n) is 8.19. The number of nitrogens with zero attached hydrogens (tertiary/aromatic N) is 5. The number of nitrogens with one attached hydrogen (secondary N) is 1. The first-order valence-electron chi connectivity index (χ1n) is 14.8. The predicted molar refractivity (Wildman–Crippen MR) is 171 cm³/mol. The molecule has 5 N–H and O–H groups in total. The lowest BCUT2D eigenvalue weighted by atomic mass is 9.99. The number of hydrogen-bond donors (Lipinski definition) is 3. The fourth-order valence-corrected chi connectivity index (χ4v) is 6.89. The van der Waals surface area contributed by atoms with Gasteiger partial charge in [0.05, 0.1) is 23.3 Å². The van der Waals surface area contributed by atoms with Crippen molar-refractivity contribution >= 4 is 50.2 Å². The van der Waals surface area contributed by atoms with Crippen LogP contribution < -0.4 is 16.8 Å². The van der Waals surface area contributed by atoms with Crippen molar-refractivity contribution in [1.29, 1.82) is 0 Å². The van der Waals surface area contributed by atoms with Crippen LogP contribution in [0.15, 0.2) is 66.7 Å². The van der Waals surface area contributed by atoms with E-state index in [2.05, 4.69) is 10.3 Å². The number of benzene rings is 3. The minimum atomic E-state index is -0.791. The molecule has 2 aliphatic heterocycles. The first-order chi connectivity index (χ1) is 21.6. The zero-order valence-corrected chi connectivity index (χ0v) is 25.8. The normalized spacial score (nSPS) is 18.6. The molecule has 234 valence electrons. The molecule has 0 saturated carbocycles. The van der Waals surface area contributed by atoms with Gasteiger partial charge in [-0.2, -0.15) is 5.01 Å². The van der Waals surface area contributed by atoms with Gasteiger partial charge in [-0.25, -0.2) is 14.2 Å². The van der Waals surface area contributed by atoms with E-state index in [1.54, 1.807) is 44.1 Å². The third-order valence-corrected chi connectivity index (χ3v) is 9.04. The van der Waals surface area contributed by atoms with Crippen LogP contribution in [0.5, 0.6) is 0 Å². The van der Waals surface area contributed by atoms with E-state index < -0.39 is 18.2 Å². The second kappa shape index (κ2) is 12.3. The highest BCUT2D eigenvalue weighted by atomic mass is 32.1. The van der Waals surface area contributed by atoms with Crippen LogP contribution in [0.4, 0.5) is 20.0 Å². The number of halogens is 1. The van der Waals surface area contributed by atoms with Crippen LogP contribution in [0.25, 0.3) is 10.2 Å². The molecule has 0 radical (unpaired) electrons. The molecule has 2 aliphatic rings. The Hall–Kier alpha value is -4.75. The molecule has 0 aliphatic carbocycles. The second-order valence-corrected chi connectivity index (χ2v) is 12.7. The first-order valence-corrected chi connectivity index (χ1v) is 15.6. The Morgan fingerprint density at radius 3 is 2.49 bits per heavy atom. The van der Waals surface area contributed by atoms with E-state index in [1.165, 1.54) is 23.5 Å². The molecule has 45 heavy (non-hydrogen) atoms.